The first-order valence-electron chi connectivity index (χ1n) is 11.6. The van der Waals surface area contributed by atoms with Crippen LogP contribution in [-0.4, -0.2) is 47.6 Å². The van der Waals surface area contributed by atoms with Gasteiger partial charge in [0.2, 0.25) is 0 Å². The third-order valence-corrected chi connectivity index (χ3v) is 7.08. The molecule has 2 aromatic carbocycles. The predicted molar refractivity (Wildman–Crippen MR) is 133 cm³/mol. The molecular weight excluding hydrogens is 432 g/mol. The summed E-state index contributed by atoms with van der Waals surface area (Å²) in [5, 5.41) is 5.62. The van der Waals surface area contributed by atoms with Gasteiger partial charge in [-0.05, 0) is 55.7 Å². The normalized spacial score (nSPS) is 21.0. The highest BCUT2D eigenvalue weighted by Gasteiger charge is 2.23. The minimum Gasteiger partial charge on any atom is -0.373 e. The molecule has 3 heterocycles. The molecule has 1 amide bonds. The average molecular weight is 463 g/mol. The second-order valence-corrected chi connectivity index (χ2v) is 9.89. The van der Waals surface area contributed by atoms with Gasteiger partial charge in [-0.15, -0.1) is 11.3 Å². The van der Waals surface area contributed by atoms with E-state index in [0.29, 0.717) is 10.7 Å². The molecule has 2 unspecified atom stereocenters. The van der Waals surface area contributed by atoms with Gasteiger partial charge in [0.25, 0.3) is 5.91 Å². The first-order chi connectivity index (χ1) is 16.0. The maximum atomic E-state index is 12.8. The fraction of sp³-hybridized carbons (Fsp3) is 0.385. The molecule has 2 aliphatic rings. The average Bonchev–Trinajstić information content (AvgIpc) is 3.24. The van der Waals surface area contributed by atoms with Crippen molar-refractivity contribution in [1.29, 1.82) is 0 Å². The first-order valence-corrected chi connectivity index (χ1v) is 12.5. The zero-order valence-corrected chi connectivity index (χ0v) is 20.0. The van der Waals surface area contributed by atoms with Crippen LogP contribution >= 0.6 is 11.3 Å². The van der Waals surface area contributed by atoms with Crippen LogP contribution in [0.1, 0.15) is 41.0 Å². The molecule has 6 nitrogen and oxygen atoms in total. The number of benzene rings is 2. The lowest BCUT2D eigenvalue weighted by Gasteiger charge is -2.34. The van der Waals surface area contributed by atoms with Gasteiger partial charge in [-0.25, -0.2) is 4.98 Å². The van der Waals surface area contributed by atoms with Crippen LogP contribution in [0.5, 0.6) is 0 Å². The molecule has 3 aromatic rings. The van der Waals surface area contributed by atoms with Crippen molar-refractivity contribution in [2.24, 2.45) is 0 Å². The van der Waals surface area contributed by atoms with Crippen LogP contribution in [0.3, 0.4) is 0 Å². The number of amides is 1. The number of carbonyl (C=O) groups excluding carboxylic acids is 1. The second-order valence-electron chi connectivity index (χ2n) is 9.04. The van der Waals surface area contributed by atoms with E-state index in [1.165, 1.54) is 22.5 Å². The quantitative estimate of drug-likeness (QED) is 0.602. The van der Waals surface area contributed by atoms with Gasteiger partial charge >= 0.3 is 0 Å². The highest BCUT2D eigenvalue weighted by atomic mass is 32.1. The maximum Gasteiger partial charge on any atom is 0.257 e. The Labute approximate surface area is 199 Å². The van der Waals surface area contributed by atoms with Gasteiger partial charge in [0.15, 0.2) is 5.13 Å². The summed E-state index contributed by atoms with van der Waals surface area (Å²) in [6, 6.07) is 16.5. The van der Waals surface area contributed by atoms with Gasteiger partial charge in [0.05, 0.1) is 17.9 Å². The van der Waals surface area contributed by atoms with Gasteiger partial charge in [-0.2, -0.15) is 0 Å². The van der Waals surface area contributed by atoms with E-state index in [9.17, 15) is 4.79 Å². The van der Waals surface area contributed by atoms with E-state index in [2.05, 4.69) is 58.2 Å². The highest BCUT2D eigenvalue weighted by molar-refractivity contribution is 7.14. The third kappa shape index (κ3) is 5.27. The molecule has 33 heavy (non-hydrogen) atoms. The molecule has 0 bridgehead atoms. The number of hydrogen-bond acceptors (Lipinski definition) is 6. The highest BCUT2D eigenvalue weighted by Crippen LogP contribution is 2.25. The lowest BCUT2D eigenvalue weighted by Crippen LogP contribution is -2.44. The van der Waals surface area contributed by atoms with E-state index in [0.717, 1.165) is 50.5 Å². The Kier molecular flexibility index (Phi) is 6.44. The fourth-order valence-corrected chi connectivity index (χ4v) is 5.49. The number of carbonyl (C=O) groups is 1. The Bertz CT molecular complexity index is 1100. The van der Waals surface area contributed by atoms with Crippen molar-refractivity contribution >= 4 is 28.1 Å². The largest absolute Gasteiger partial charge is 0.373 e. The number of thiazole rings is 1. The van der Waals surface area contributed by atoms with Gasteiger partial charge in [0, 0.05) is 49.4 Å². The second kappa shape index (κ2) is 9.63. The van der Waals surface area contributed by atoms with Crippen LogP contribution in [0.15, 0.2) is 53.9 Å². The van der Waals surface area contributed by atoms with E-state index in [4.69, 9.17) is 4.74 Å². The van der Waals surface area contributed by atoms with Crippen molar-refractivity contribution in [3.05, 3.63) is 76.3 Å². The van der Waals surface area contributed by atoms with Crippen molar-refractivity contribution in [2.75, 3.05) is 29.9 Å². The van der Waals surface area contributed by atoms with Crippen LogP contribution < -0.4 is 10.2 Å². The van der Waals surface area contributed by atoms with Crippen LogP contribution in [0.25, 0.3) is 0 Å². The van der Waals surface area contributed by atoms with Crippen molar-refractivity contribution in [3.63, 3.8) is 0 Å². The zero-order valence-electron chi connectivity index (χ0n) is 19.2. The maximum absolute atomic E-state index is 12.8. The Morgan fingerprint density at radius 3 is 2.58 bits per heavy atom. The van der Waals surface area contributed by atoms with Crippen LogP contribution in [0.2, 0.25) is 0 Å². The molecule has 1 saturated heterocycles. The Morgan fingerprint density at radius 2 is 1.82 bits per heavy atom. The van der Waals surface area contributed by atoms with Gasteiger partial charge in [-0.1, -0.05) is 24.3 Å². The minimum atomic E-state index is -0.125. The molecule has 0 spiro atoms. The van der Waals surface area contributed by atoms with E-state index >= 15 is 0 Å². The van der Waals surface area contributed by atoms with E-state index in [-0.39, 0.29) is 18.1 Å². The molecule has 0 radical (unpaired) electrons. The molecule has 1 aromatic heterocycles. The summed E-state index contributed by atoms with van der Waals surface area (Å²) >= 11 is 1.47. The summed E-state index contributed by atoms with van der Waals surface area (Å²) in [5.41, 5.74) is 5.59. The van der Waals surface area contributed by atoms with Gasteiger partial charge in [0.1, 0.15) is 0 Å². The summed E-state index contributed by atoms with van der Waals surface area (Å²) in [6.07, 6.45) is 1.51. The van der Waals surface area contributed by atoms with E-state index in [1.807, 2.05) is 29.6 Å². The number of aromatic nitrogens is 1. The fourth-order valence-electron chi connectivity index (χ4n) is 4.79. The zero-order chi connectivity index (χ0) is 22.8. The monoisotopic (exact) mass is 462 g/mol. The van der Waals surface area contributed by atoms with Crippen molar-refractivity contribution < 1.29 is 9.53 Å². The Morgan fingerprint density at radius 1 is 1.09 bits per heavy atom. The van der Waals surface area contributed by atoms with E-state index in [1.54, 1.807) is 0 Å². The van der Waals surface area contributed by atoms with Gasteiger partial charge < -0.3 is 9.64 Å². The molecular formula is C26H30N4O2S. The number of morpholine rings is 1. The van der Waals surface area contributed by atoms with E-state index < -0.39 is 0 Å². The topological polar surface area (TPSA) is 57.7 Å². The number of rotatable bonds is 5. The summed E-state index contributed by atoms with van der Waals surface area (Å²) in [5.74, 6) is -0.125. The molecule has 1 N–H and O–H groups in total. The molecule has 2 aliphatic heterocycles. The molecule has 172 valence electrons. The standard InChI is InChI=1S/C26H30N4O2S/c1-18-13-29(14-19(2)32-18)16-23-17-33-26(27-23)28-25(31)21-7-9-24(10-8-21)30-12-11-20-5-3-4-6-22(20)15-30/h3-10,17-19H,11-16H2,1-2H3,(H,27,28,31). The lowest BCUT2D eigenvalue weighted by molar-refractivity contribution is -0.0707. The molecule has 2 atom stereocenters. The van der Waals surface area contributed by atoms with Crippen LogP contribution in [0, 0.1) is 0 Å². The molecule has 0 aliphatic carbocycles. The number of hydrogen-bond donors (Lipinski definition) is 1. The van der Waals surface area contributed by atoms with Crippen molar-refractivity contribution in [2.45, 2.75) is 45.6 Å². The lowest BCUT2D eigenvalue weighted by atomic mass is 9.99. The molecule has 1 fully saturated rings. The minimum absolute atomic E-state index is 0.125. The number of nitrogens with one attached hydrogen (secondary N) is 1. The Hall–Kier alpha value is -2.74. The van der Waals surface area contributed by atoms with Crippen LogP contribution in [0.4, 0.5) is 10.8 Å². The summed E-state index contributed by atoms with van der Waals surface area (Å²) < 4.78 is 5.80. The number of fused-ring (bicyclic) bond motifs is 1. The van der Waals surface area contributed by atoms with Crippen molar-refractivity contribution in [1.82, 2.24) is 9.88 Å². The predicted octanol–water partition coefficient (Wildman–Crippen LogP) is 4.57. The number of anilines is 2. The van der Waals surface area contributed by atoms with Crippen LogP contribution in [-0.2, 0) is 24.2 Å². The summed E-state index contributed by atoms with van der Waals surface area (Å²) in [7, 11) is 0. The molecule has 7 heteroatoms. The third-order valence-electron chi connectivity index (χ3n) is 6.28. The number of ether oxygens (including phenoxy) is 1. The molecule has 5 rings (SSSR count). The number of nitrogens with zero attached hydrogens (tertiary/aromatic N) is 3. The van der Waals surface area contributed by atoms with Crippen molar-refractivity contribution in [3.8, 4) is 0 Å². The smallest absolute Gasteiger partial charge is 0.257 e. The molecule has 0 saturated carbocycles. The summed E-state index contributed by atoms with van der Waals surface area (Å²) in [4.78, 5) is 22.1. The summed E-state index contributed by atoms with van der Waals surface area (Å²) in [6.45, 7) is 8.68. The van der Waals surface area contributed by atoms with Gasteiger partial charge in [-0.3, -0.25) is 15.0 Å². The Balaban J connectivity index is 1.18. The SMILES string of the molecule is CC1CN(Cc2csc(NC(=O)c3ccc(N4CCc5ccccc5C4)cc3)n2)CC(C)O1. The first kappa shape index (κ1) is 22.1.